The summed E-state index contributed by atoms with van der Waals surface area (Å²) in [7, 11) is 3.71. The SMILES string of the molecule is CN(C)C(CN1C(=O)C(O)=C(C(=O)c2ccco2)C1c1ccc(O)cc1)c1ccco1. The molecule has 0 fully saturated rings. The summed E-state index contributed by atoms with van der Waals surface area (Å²) >= 11 is 0. The fourth-order valence-corrected chi connectivity index (χ4v) is 3.79. The van der Waals surface area contributed by atoms with Gasteiger partial charge >= 0.3 is 0 Å². The highest BCUT2D eigenvalue weighted by Gasteiger charge is 2.45. The smallest absolute Gasteiger partial charge is 0.290 e. The average molecular weight is 422 g/mol. The molecule has 3 aromatic rings. The molecule has 0 saturated carbocycles. The van der Waals surface area contributed by atoms with Crippen LogP contribution in [0.1, 0.15) is 34.0 Å². The number of ketones is 1. The Morgan fingerprint density at radius 1 is 1.06 bits per heavy atom. The van der Waals surface area contributed by atoms with Crippen molar-refractivity contribution in [2.24, 2.45) is 0 Å². The molecule has 0 bridgehead atoms. The van der Waals surface area contributed by atoms with Gasteiger partial charge in [0, 0.05) is 6.54 Å². The van der Waals surface area contributed by atoms with Crippen LogP contribution in [0.15, 0.2) is 81.2 Å². The number of hydrogen-bond acceptors (Lipinski definition) is 7. The van der Waals surface area contributed by atoms with Crippen LogP contribution in [-0.2, 0) is 4.79 Å². The summed E-state index contributed by atoms with van der Waals surface area (Å²) in [6.07, 6.45) is 2.91. The van der Waals surface area contributed by atoms with E-state index in [4.69, 9.17) is 8.83 Å². The molecule has 0 saturated heterocycles. The lowest BCUT2D eigenvalue weighted by Gasteiger charge is -2.32. The number of phenols is 1. The second kappa shape index (κ2) is 8.16. The Balaban J connectivity index is 1.78. The summed E-state index contributed by atoms with van der Waals surface area (Å²) in [4.78, 5) is 29.6. The first-order chi connectivity index (χ1) is 14.9. The van der Waals surface area contributed by atoms with E-state index in [0.29, 0.717) is 11.3 Å². The van der Waals surface area contributed by atoms with Gasteiger partial charge in [-0.25, -0.2) is 0 Å². The minimum absolute atomic E-state index is 0.0233. The van der Waals surface area contributed by atoms with Gasteiger partial charge in [-0.15, -0.1) is 0 Å². The summed E-state index contributed by atoms with van der Waals surface area (Å²) < 4.78 is 10.8. The lowest BCUT2D eigenvalue weighted by molar-refractivity contribution is -0.130. The van der Waals surface area contributed by atoms with Gasteiger partial charge in [0.1, 0.15) is 11.5 Å². The molecule has 1 aliphatic rings. The molecule has 2 unspecified atom stereocenters. The topological polar surface area (TPSA) is 107 Å². The van der Waals surface area contributed by atoms with Gasteiger partial charge in [0.2, 0.25) is 5.78 Å². The molecule has 3 heterocycles. The number of benzene rings is 1. The van der Waals surface area contributed by atoms with Crippen LogP contribution in [0.3, 0.4) is 0 Å². The third-order valence-corrected chi connectivity index (χ3v) is 5.37. The Morgan fingerprint density at radius 2 is 1.74 bits per heavy atom. The van der Waals surface area contributed by atoms with Crippen LogP contribution in [0.25, 0.3) is 0 Å². The van der Waals surface area contributed by atoms with E-state index >= 15 is 0 Å². The first-order valence-corrected chi connectivity index (χ1v) is 9.69. The average Bonchev–Trinajstić information content (AvgIpc) is 3.50. The Bertz CT molecular complexity index is 1100. The molecule has 0 aliphatic carbocycles. The molecule has 0 spiro atoms. The molecule has 160 valence electrons. The minimum atomic E-state index is -0.858. The molecule has 31 heavy (non-hydrogen) atoms. The Hall–Kier alpha value is -3.78. The van der Waals surface area contributed by atoms with Gasteiger partial charge in [0.05, 0.1) is 30.2 Å². The van der Waals surface area contributed by atoms with Crippen molar-refractivity contribution < 1.29 is 28.6 Å². The maximum absolute atomic E-state index is 13.1. The molecular formula is C23H22N2O6. The molecule has 8 nitrogen and oxygen atoms in total. The first kappa shape index (κ1) is 20.5. The largest absolute Gasteiger partial charge is 0.508 e. The second-order valence-corrected chi connectivity index (χ2v) is 7.52. The Labute approximate surface area is 178 Å². The van der Waals surface area contributed by atoms with Gasteiger partial charge in [0.15, 0.2) is 11.5 Å². The fourth-order valence-electron chi connectivity index (χ4n) is 3.79. The molecule has 4 rings (SSSR count). The van der Waals surface area contributed by atoms with E-state index in [0.717, 1.165) is 0 Å². The summed E-state index contributed by atoms with van der Waals surface area (Å²) in [5, 5.41) is 20.4. The van der Waals surface area contributed by atoms with E-state index < -0.39 is 23.5 Å². The lowest BCUT2D eigenvalue weighted by Crippen LogP contribution is -2.38. The molecular weight excluding hydrogens is 400 g/mol. The number of nitrogens with zero attached hydrogens (tertiary/aromatic N) is 2. The van der Waals surface area contributed by atoms with E-state index in [1.54, 1.807) is 30.5 Å². The van der Waals surface area contributed by atoms with Gasteiger partial charge in [-0.05, 0) is 56.1 Å². The third-order valence-electron chi connectivity index (χ3n) is 5.37. The van der Waals surface area contributed by atoms with E-state index in [2.05, 4.69) is 0 Å². The molecule has 1 aromatic carbocycles. The summed E-state index contributed by atoms with van der Waals surface area (Å²) in [6, 6.07) is 11.6. The van der Waals surface area contributed by atoms with Crippen molar-refractivity contribution in [2.45, 2.75) is 12.1 Å². The Morgan fingerprint density at radius 3 is 2.32 bits per heavy atom. The van der Waals surface area contributed by atoms with Crippen LogP contribution in [0.4, 0.5) is 0 Å². The fraction of sp³-hybridized carbons (Fsp3) is 0.217. The first-order valence-electron chi connectivity index (χ1n) is 9.69. The summed E-state index contributed by atoms with van der Waals surface area (Å²) in [5.41, 5.74) is 0.504. The number of likely N-dealkylation sites (N-methyl/N-ethyl adjacent to an activating group) is 1. The van der Waals surface area contributed by atoms with Gasteiger partial charge in [-0.1, -0.05) is 12.1 Å². The molecule has 1 amide bonds. The zero-order valence-corrected chi connectivity index (χ0v) is 17.1. The number of carbonyl (C=O) groups excluding carboxylic acids is 2. The molecule has 2 N–H and O–H groups in total. The van der Waals surface area contributed by atoms with E-state index in [1.807, 2.05) is 25.1 Å². The van der Waals surface area contributed by atoms with Crippen molar-refractivity contribution >= 4 is 11.7 Å². The van der Waals surface area contributed by atoms with Gasteiger partial charge < -0.3 is 23.9 Å². The minimum Gasteiger partial charge on any atom is -0.508 e. The number of amides is 1. The predicted molar refractivity (Wildman–Crippen MR) is 110 cm³/mol. The normalized spacial score (nSPS) is 17.6. The van der Waals surface area contributed by atoms with Crippen molar-refractivity contribution in [3.63, 3.8) is 0 Å². The Kier molecular flexibility index (Phi) is 5.39. The maximum Gasteiger partial charge on any atom is 0.290 e. The second-order valence-electron chi connectivity index (χ2n) is 7.52. The number of aliphatic hydroxyl groups excluding tert-OH is 1. The predicted octanol–water partition coefficient (Wildman–Crippen LogP) is 3.46. The number of hydrogen-bond donors (Lipinski definition) is 2. The molecule has 0 radical (unpaired) electrons. The molecule has 2 aromatic heterocycles. The van der Waals surface area contributed by atoms with Crippen LogP contribution in [0.5, 0.6) is 5.75 Å². The summed E-state index contributed by atoms with van der Waals surface area (Å²) in [6.45, 7) is 0.157. The molecule has 1 aliphatic heterocycles. The van der Waals surface area contributed by atoms with Crippen LogP contribution in [-0.4, -0.2) is 52.3 Å². The molecule has 2 atom stereocenters. The number of aromatic hydroxyl groups is 1. The van der Waals surface area contributed by atoms with Crippen molar-refractivity contribution in [1.29, 1.82) is 0 Å². The standard InChI is InChI=1S/C23H22N2O6/c1-24(2)16(17-5-3-11-30-17)13-25-20(14-7-9-15(26)10-8-14)19(22(28)23(25)29)21(27)18-6-4-12-31-18/h3-12,16,20,26,28H,13H2,1-2H3. The van der Waals surface area contributed by atoms with Crippen molar-refractivity contribution in [1.82, 2.24) is 9.80 Å². The van der Waals surface area contributed by atoms with E-state index in [-0.39, 0.29) is 29.7 Å². The highest BCUT2D eigenvalue weighted by Crippen LogP contribution is 2.40. The quantitative estimate of drug-likeness (QED) is 0.562. The van der Waals surface area contributed by atoms with Crippen molar-refractivity contribution in [2.75, 3.05) is 20.6 Å². The molecule has 8 heteroatoms. The number of furan rings is 2. The van der Waals surface area contributed by atoms with Gasteiger partial charge in [-0.3, -0.25) is 14.5 Å². The van der Waals surface area contributed by atoms with Crippen molar-refractivity contribution in [3.05, 3.63) is 89.5 Å². The number of rotatable bonds is 7. The van der Waals surface area contributed by atoms with Crippen LogP contribution < -0.4 is 0 Å². The lowest BCUT2D eigenvalue weighted by atomic mass is 9.94. The number of phenolic OH excluding ortho intramolecular Hbond substituents is 1. The highest BCUT2D eigenvalue weighted by molar-refractivity contribution is 6.15. The third kappa shape index (κ3) is 3.73. The van der Waals surface area contributed by atoms with Crippen LogP contribution in [0.2, 0.25) is 0 Å². The zero-order valence-electron chi connectivity index (χ0n) is 17.1. The van der Waals surface area contributed by atoms with Gasteiger partial charge in [0.25, 0.3) is 5.91 Å². The monoisotopic (exact) mass is 422 g/mol. The van der Waals surface area contributed by atoms with E-state index in [9.17, 15) is 19.8 Å². The van der Waals surface area contributed by atoms with Crippen LogP contribution in [0, 0.1) is 0 Å². The zero-order chi connectivity index (χ0) is 22.1. The van der Waals surface area contributed by atoms with Gasteiger partial charge in [-0.2, -0.15) is 0 Å². The van der Waals surface area contributed by atoms with Crippen LogP contribution >= 0.6 is 0 Å². The van der Waals surface area contributed by atoms with E-state index in [1.165, 1.54) is 29.4 Å². The maximum atomic E-state index is 13.1. The summed E-state index contributed by atoms with van der Waals surface area (Å²) in [5.74, 6) is -1.13. The highest BCUT2D eigenvalue weighted by atomic mass is 16.3. The number of carbonyl (C=O) groups is 2. The number of aliphatic hydroxyl groups is 1. The number of Topliss-reactive ketones (excluding diaryl/α,β-unsaturated/α-hetero) is 1. The van der Waals surface area contributed by atoms with Crippen molar-refractivity contribution in [3.8, 4) is 5.75 Å².